The number of aromatic nitrogens is 2. The third-order valence-electron chi connectivity index (χ3n) is 3.60. The molecular weight excluding hydrogens is 296 g/mol. The SMILES string of the molecule is CCc1nn(C)c(CC(O)C2CCC(C)O2)c1Br. The average Bonchev–Trinajstić information content (AvgIpc) is 2.87. The van der Waals surface area contributed by atoms with Gasteiger partial charge in [-0.2, -0.15) is 5.10 Å². The van der Waals surface area contributed by atoms with Crippen molar-refractivity contribution in [2.24, 2.45) is 7.05 Å². The van der Waals surface area contributed by atoms with Crippen LogP contribution >= 0.6 is 15.9 Å². The minimum atomic E-state index is -0.452. The van der Waals surface area contributed by atoms with Crippen LogP contribution in [0.2, 0.25) is 0 Å². The van der Waals surface area contributed by atoms with Gasteiger partial charge in [0.05, 0.1) is 34.2 Å². The predicted molar refractivity (Wildman–Crippen MR) is 73.6 cm³/mol. The van der Waals surface area contributed by atoms with Gasteiger partial charge in [-0.15, -0.1) is 0 Å². The van der Waals surface area contributed by atoms with Crippen molar-refractivity contribution in [3.8, 4) is 0 Å². The van der Waals surface area contributed by atoms with Crippen LogP contribution < -0.4 is 0 Å². The summed E-state index contributed by atoms with van der Waals surface area (Å²) in [5, 5.41) is 14.7. The molecule has 1 aromatic heterocycles. The quantitative estimate of drug-likeness (QED) is 0.926. The third kappa shape index (κ3) is 2.78. The second kappa shape index (κ2) is 5.72. The van der Waals surface area contributed by atoms with Crippen molar-refractivity contribution >= 4 is 15.9 Å². The van der Waals surface area contributed by atoms with Crippen LogP contribution in [0.3, 0.4) is 0 Å². The Hall–Kier alpha value is -0.390. The number of aryl methyl sites for hydroxylation is 2. The summed E-state index contributed by atoms with van der Waals surface area (Å²) in [4.78, 5) is 0. The molecule has 0 spiro atoms. The van der Waals surface area contributed by atoms with Crippen LogP contribution in [0.25, 0.3) is 0 Å². The number of aliphatic hydroxyl groups excluding tert-OH is 1. The Morgan fingerprint density at radius 1 is 1.56 bits per heavy atom. The predicted octanol–water partition coefficient (Wildman–Crippen LogP) is 2.22. The summed E-state index contributed by atoms with van der Waals surface area (Å²) in [5.41, 5.74) is 2.09. The van der Waals surface area contributed by atoms with E-state index in [1.807, 2.05) is 11.7 Å². The highest BCUT2D eigenvalue weighted by Crippen LogP contribution is 2.27. The standard InChI is InChI=1S/C13H21BrN2O2/c1-4-9-13(14)10(16(3)15-9)7-11(17)12-6-5-8(2)18-12/h8,11-12,17H,4-7H2,1-3H3. The number of nitrogens with zero attached hydrogens (tertiary/aromatic N) is 2. The Balaban J connectivity index is 2.07. The van der Waals surface area contributed by atoms with Gasteiger partial charge in [0, 0.05) is 13.5 Å². The van der Waals surface area contributed by atoms with Crippen molar-refractivity contribution in [1.82, 2.24) is 9.78 Å². The van der Waals surface area contributed by atoms with Gasteiger partial charge >= 0.3 is 0 Å². The first-order valence-corrected chi connectivity index (χ1v) is 7.36. The van der Waals surface area contributed by atoms with E-state index >= 15 is 0 Å². The van der Waals surface area contributed by atoms with E-state index in [-0.39, 0.29) is 12.2 Å². The molecule has 5 heteroatoms. The van der Waals surface area contributed by atoms with Gasteiger partial charge in [0.15, 0.2) is 0 Å². The highest BCUT2D eigenvalue weighted by Gasteiger charge is 2.29. The molecule has 1 aliphatic heterocycles. The Kier molecular flexibility index (Phi) is 4.45. The lowest BCUT2D eigenvalue weighted by molar-refractivity contribution is -0.0285. The molecule has 2 rings (SSSR count). The molecule has 1 aliphatic rings. The maximum atomic E-state index is 10.3. The maximum Gasteiger partial charge on any atom is 0.0857 e. The van der Waals surface area contributed by atoms with Gasteiger partial charge in [0.2, 0.25) is 0 Å². The lowest BCUT2D eigenvalue weighted by Gasteiger charge is -2.18. The molecule has 1 aromatic rings. The molecule has 1 fully saturated rings. The van der Waals surface area contributed by atoms with Crippen LogP contribution in [0.4, 0.5) is 0 Å². The Morgan fingerprint density at radius 2 is 2.28 bits per heavy atom. The Bertz CT molecular complexity index is 419. The van der Waals surface area contributed by atoms with E-state index in [0.29, 0.717) is 6.42 Å². The largest absolute Gasteiger partial charge is 0.390 e. The van der Waals surface area contributed by atoms with Gasteiger partial charge in [0.25, 0.3) is 0 Å². The highest BCUT2D eigenvalue weighted by molar-refractivity contribution is 9.10. The molecule has 0 aromatic carbocycles. The number of ether oxygens (including phenoxy) is 1. The topological polar surface area (TPSA) is 47.3 Å². The molecule has 4 nitrogen and oxygen atoms in total. The summed E-state index contributed by atoms with van der Waals surface area (Å²) in [7, 11) is 1.92. The van der Waals surface area contributed by atoms with E-state index < -0.39 is 6.10 Å². The molecular formula is C13H21BrN2O2. The first kappa shape index (κ1) is 14.0. The van der Waals surface area contributed by atoms with Crippen LogP contribution in [0.1, 0.15) is 38.1 Å². The zero-order chi connectivity index (χ0) is 13.3. The van der Waals surface area contributed by atoms with Gasteiger partial charge < -0.3 is 9.84 Å². The second-order valence-corrected chi connectivity index (χ2v) is 5.81. The highest BCUT2D eigenvalue weighted by atomic mass is 79.9. The molecule has 0 saturated carbocycles. The van der Waals surface area contributed by atoms with E-state index in [9.17, 15) is 5.11 Å². The lowest BCUT2D eigenvalue weighted by Crippen LogP contribution is -2.29. The van der Waals surface area contributed by atoms with Crippen molar-refractivity contribution in [2.75, 3.05) is 0 Å². The first-order chi connectivity index (χ1) is 8.52. The zero-order valence-electron chi connectivity index (χ0n) is 11.2. The van der Waals surface area contributed by atoms with Gasteiger partial charge in [-0.1, -0.05) is 6.92 Å². The van der Waals surface area contributed by atoms with Crippen LogP contribution in [-0.4, -0.2) is 33.2 Å². The van der Waals surface area contributed by atoms with Crippen molar-refractivity contribution in [3.63, 3.8) is 0 Å². The molecule has 1 N–H and O–H groups in total. The fourth-order valence-corrected chi connectivity index (χ4v) is 3.27. The molecule has 18 heavy (non-hydrogen) atoms. The van der Waals surface area contributed by atoms with Crippen LogP contribution in [0.15, 0.2) is 4.47 Å². The summed E-state index contributed by atoms with van der Waals surface area (Å²) in [6, 6.07) is 0. The minimum absolute atomic E-state index is 0.0353. The molecule has 3 atom stereocenters. The average molecular weight is 317 g/mol. The Morgan fingerprint density at radius 3 is 2.78 bits per heavy atom. The minimum Gasteiger partial charge on any atom is -0.390 e. The normalized spacial score (nSPS) is 25.6. The first-order valence-electron chi connectivity index (χ1n) is 6.56. The fourth-order valence-electron chi connectivity index (χ4n) is 2.49. The fraction of sp³-hybridized carbons (Fsp3) is 0.769. The van der Waals surface area contributed by atoms with Crippen molar-refractivity contribution < 1.29 is 9.84 Å². The number of rotatable bonds is 4. The summed E-state index contributed by atoms with van der Waals surface area (Å²) < 4.78 is 8.59. The molecule has 3 unspecified atom stereocenters. The summed E-state index contributed by atoms with van der Waals surface area (Å²) >= 11 is 3.58. The molecule has 0 bridgehead atoms. The van der Waals surface area contributed by atoms with Gasteiger partial charge in [0.1, 0.15) is 0 Å². The summed E-state index contributed by atoms with van der Waals surface area (Å²) in [6.07, 6.45) is 3.24. The smallest absolute Gasteiger partial charge is 0.0857 e. The number of hydrogen-bond donors (Lipinski definition) is 1. The zero-order valence-corrected chi connectivity index (χ0v) is 12.8. The van der Waals surface area contributed by atoms with E-state index in [1.165, 1.54) is 0 Å². The monoisotopic (exact) mass is 316 g/mol. The Labute approximate surface area is 116 Å². The molecule has 102 valence electrons. The van der Waals surface area contributed by atoms with Gasteiger partial charge in [-0.25, -0.2) is 0 Å². The third-order valence-corrected chi connectivity index (χ3v) is 4.51. The molecule has 0 aliphatic carbocycles. The van der Waals surface area contributed by atoms with Crippen molar-refractivity contribution in [3.05, 3.63) is 15.9 Å². The summed E-state index contributed by atoms with van der Waals surface area (Å²) in [6.45, 7) is 4.14. The van der Waals surface area contributed by atoms with Crippen LogP contribution in [-0.2, 0) is 24.6 Å². The van der Waals surface area contributed by atoms with Crippen LogP contribution in [0, 0.1) is 0 Å². The van der Waals surface area contributed by atoms with Crippen molar-refractivity contribution in [1.29, 1.82) is 0 Å². The lowest BCUT2D eigenvalue weighted by atomic mass is 10.1. The second-order valence-electron chi connectivity index (χ2n) is 5.02. The molecule has 1 saturated heterocycles. The van der Waals surface area contributed by atoms with E-state index in [0.717, 1.165) is 35.1 Å². The van der Waals surface area contributed by atoms with E-state index in [1.54, 1.807) is 0 Å². The van der Waals surface area contributed by atoms with Gasteiger partial charge in [-0.05, 0) is 42.1 Å². The molecule has 0 amide bonds. The molecule has 0 radical (unpaired) electrons. The van der Waals surface area contributed by atoms with E-state index in [4.69, 9.17) is 4.74 Å². The summed E-state index contributed by atoms with van der Waals surface area (Å²) in [5.74, 6) is 0. The number of halogens is 1. The van der Waals surface area contributed by atoms with E-state index in [2.05, 4.69) is 34.9 Å². The number of aliphatic hydroxyl groups is 1. The molecule has 2 heterocycles. The van der Waals surface area contributed by atoms with Gasteiger partial charge in [-0.3, -0.25) is 4.68 Å². The van der Waals surface area contributed by atoms with Crippen molar-refractivity contribution in [2.45, 2.75) is 57.8 Å². The van der Waals surface area contributed by atoms with Crippen LogP contribution in [0.5, 0.6) is 0 Å². The number of hydrogen-bond acceptors (Lipinski definition) is 3. The maximum absolute atomic E-state index is 10.3.